The first-order chi connectivity index (χ1) is 14.3. The maximum absolute atomic E-state index is 12.4. The number of nitrogens with one attached hydrogen (secondary N) is 2. The fourth-order valence-corrected chi connectivity index (χ4v) is 4.54. The molecule has 0 aromatic heterocycles. The number of amides is 2. The lowest BCUT2D eigenvalue weighted by Gasteiger charge is -2.19. The summed E-state index contributed by atoms with van der Waals surface area (Å²) < 4.78 is 33.2. The Morgan fingerprint density at radius 1 is 1.23 bits per heavy atom. The van der Waals surface area contributed by atoms with Crippen LogP contribution < -0.4 is 14.8 Å². The zero-order valence-electron chi connectivity index (χ0n) is 17.3. The van der Waals surface area contributed by atoms with Crippen LogP contribution in [-0.2, 0) is 19.6 Å². The molecule has 2 fully saturated rings. The van der Waals surface area contributed by atoms with Crippen molar-refractivity contribution in [3.8, 4) is 5.75 Å². The molecule has 164 valence electrons. The zero-order valence-corrected chi connectivity index (χ0v) is 18.1. The van der Waals surface area contributed by atoms with Gasteiger partial charge in [-0.3, -0.25) is 14.9 Å². The monoisotopic (exact) mass is 434 g/mol. The van der Waals surface area contributed by atoms with Crippen molar-refractivity contribution in [1.29, 1.82) is 0 Å². The predicted octanol–water partition coefficient (Wildman–Crippen LogP) is 2.85. The molecule has 1 aliphatic heterocycles. The lowest BCUT2D eigenvalue weighted by molar-refractivity contribution is -0.136. The Hall–Kier alpha value is -2.19. The van der Waals surface area contributed by atoms with Crippen LogP contribution in [0.1, 0.15) is 57.1 Å². The summed E-state index contributed by atoms with van der Waals surface area (Å²) in [6.07, 6.45) is 7.94. The molecule has 2 atom stereocenters. The summed E-state index contributed by atoms with van der Waals surface area (Å²) in [4.78, 5) is 22.9. The molecule has 1 aromatic rings. The van der Waals surface area contributed by atoms with Gasteiger partial charge < -0.3 is 4.74 Å². The van der Waals surface area contributed by atoms with Crippen molar-refractivity contribution in [3.05, 3.63) is 42.0 Å². The van der Waals surface area contributed by atoms with Crippen molar-refractivity contribution >= 4 is 21.8 Å². The highest BCUT2D eigenvalue weighted by molar-refractivity contribution is 7.89. The van der Waals surface area contributed by atoms with Crippen LogP contribution in [0.5, 0.6) is 5.75 Å². The number of piperidine rings is 1. The second kappa shape index (κ2) is 10.2. The summed E-state index contributed by atoms with van der Waals surface area (Å²) in [5.74, 6) is 0.663. The van der Waals surface area contributed by atoms with Crippen molar-refractivity contribution in [3.63, 3.8) is 0 Å². The fraction of sp³-hybridized carbons (Fsp3) is 0.545. The molecular formula is C22H30N2O5S. The first-order valence-electron chi connectivity index (χ1n) is 10.5. The number of carbonyl (C=O) groups is 2. The van der Waals surface area contributed by atoms with Gasteiger partial charge >= 0.3 is 0 Å². The first kappa shape index (κ1) is 22.5. The largest absolute Gasteiger partial charge is 0.493 e. The summed E-state index contributed by atoms with van der Waals surface area (Å²) in [5.41, 5.74) is 0.855. The zero-order chi connectivity index (χ0) is 21.6. The number of ether oxygens (including phenoxy) is 1. The van der Waals surface area contributed by atoms with E-state index < -0.39 is 10.0 Å². The van der Waals surface area contributed by atoms with Crippen LogP contribution in [0.25, 0.3) is 0 Å². The Morgan fingerprint density at radius 2 is 2.03 bits per heavy atom. The van der Waals surface area contributed by atoms with E-state index in [1.807, 2.05) is 31.2 Å². The molecule has 7 nitrogen and oxygen atoms in total. The van der Waals surface area contributed by atoms with E-state index in [2.05, 4.69) is 10.0 Å². The van der Waals surface area contributed by atoms with Gasteiger partial charge in [0, 0.05) is 18.4 Å². The molecule has 2 N–H and O–H groups in total. The molecule has 0 spiro atoms. The van der Waals surface area contributed by atoms with Crippen LogP contribution in [0.2, 0.25) is 0 Å². The lowest BCUT2D eigenvalue weighted by Crippen LogP contribution is -2.40. The maximum Gasteiger partial charge on any atom is 0.229 e. The maximum atomic E-state index is 12.4. The fourth-order valence-electron chi connectivity index (χ4n) is 3.38. The molecule has 2 aliphatic rings. The molecule has 2 amide bonds. The van der Waals surface area contributed by atoms with E-state index in [1.54, 1.807) is 12.2 Å². The molecule has 3 rings (SSSR count). The molecule has 1 heterocycles. The van der Waals surface area contributed by atoms with Gasteiger partial charge in [-0.15, -0.1) is 0 Å². The van der Waals surface area contributed by atoms with Crippen LogP contribution in [0, 0.1) is 11.8 Å². The van der Waals surface area contributed by atoms with E-state index in [9.17, 15) is 18.0 Å². The number of carbonyl (C=O) groups excluding carboxylic acids is 2. The van der Waals surface area contributed by atoms with Gasteiger partial charge in [-0.2, -0.15) is 0 Å². The smallest absolute Gasteiger partial charge is 0.229 e. The minimum Gasteiger partial charge on any atom is -0.493 e. The molecule has 8 heteroatoms. The molecular weight excluding hydrogens is 404 g/mol. The van der Waals surface area contributed by atoms with Gasteiger partial charge in [0.15, 0.2) is 0 Å². The van der Waals surface area contributed by atoms with Gasteiger partial charge in [0.25, 0.3) is 0 Å². The van der Waals surface area contributed by atoms with E-state index >= 15 is 0 Å². The third-order valence-electron chi connectivity index (χ3n) is 5.41. The summed E-state index contributed by atoms with van der Waals surface area (Å²) in [6, 6.07) is 7.16. The Kier molecular flexibility index (Phi) is 7.66. The van der Waals surface area contributed by atoms with E-state index in [4.69, 9.17) is 4.74 Å². The normalized spacial score (nSPS) is 20.9. The Morgan fingerprint density at radius 3 is 2.77 bits per heavy atom. The summed E-state index contributed by atoms with van der Waals surface area (Å²) in [7, 11) is -3.48. The van der Waals surface area contributed by atoms with E-state index in [1.165, 1.54) is 12.8 Å². The number of allylic oxidation sites excluding steroid dienone is 1. The van der Waals surface area contributed by atoms with E-state index in [-0.39, 0.29) is 29.5 Å². The molecule has 1 aliphatic carbocycles. The lowest BCUT2D eigenvalue weighted by atomic mass is 9.93. The summed E-state index contributed by atoms with van der Waals surface area (Å²) >= 11 is 0. The first-order valence-corrected chi connectivity index (χ1v) is 12.2. The predicted molar refractivity (Wildman–Crippen MR) is 114 cm³/mol. The second-order valence-corrected chi connectivity index (χ2v) is 9.94. The van der Waals surface area contributed by atoms with Gasteiger partial charge in [-0.25, -0.2) is 13.1 Å². The van der Waals surface area contributed by atoms with Gasteiger partial charge in [-0.05, 0) is 62.6 Å². The highest BCUT2D eigenvalue weighted by Crippen LogP contribution is 2.30. The van der Waals surface area contributed by atoms with Crippen molar-refractivity contribution in [2.24, 2.45) is 11.8 Å². The molecule has 1 saturated heterocycles. The van der Waals surface area contributed by atoms with Crippen LogP contribution in [-0.4, -0.2) is 32.6 Å². The van der Waals surface area contributed by atoms with Crippen molar-refractivity contribution in [2.45, 2.75) is 51.5 Å². The van der Waals surface area contributed by atoms with Crippen molar-refractivity contribution < 1.29 is 22.7 Å². The van der Waals surface area contributed by atoms with Gasteiger partial charge in [0.1, 0.15) is 5.75 Å². The molecule has 1 saturated carbocycles. The second-order valence-electron chi connectivity index (χ2n) is 8.14. The highest BCUT2D eigenvalue weighted by Gasteiger charge is 2.25. The summed E-state index contributed by atoms with van der Waals surface area (Å²) in [6.45, 7) is 2.53. The number of rotatable bonds is 11. The highest BCUT2D eigenvalue weighted by atomic mass is 32.2. The van der Waals surface area contributed by atoms with Crippen LogP contribution >= 0.6 is 0 Å². The third kappa shape index (κ3) is 7.25. The molecule has 30 heavy (non-hydrogen) atoms. The molecule has 0 radical (unpaired) electrons. The number of benzene rings is 1. The Labute approximate surface area is 178 Å². The van der Waals surface area contributed by atoms with Gasteiger partial charge in [0.2, 0.25) is 21.8 Å². The minimum atomic E-state index is -3.48. The van der Waals surface area contributed by atoms with Gasteiger partial charge in [0.05, 0.1) is 12.4 Å². The standard InChI is InChI=1S/C22H30N2O5S/c1-16(19-7-5-8-20(14-19)29-15-17-9-10-17)24-30(27,28)13-4-2-3-6-18-11-12-21(25)23-22(18)26/h2,4-5,7-8,14,16-18,24H,3,6,9-13,15H2,1H3,(H,23,25,26)/b4-2+/t16-,18?/m1/s1. The average molecular weight is 435 g/mol. The summed E-state index contributed by atoms with van der Waals surface area (Å²) in [5, 5.41) is 2.34. The average Bonchev–Trinajstić information content (AvgIpc) is 3.52. The molecule has 1 unspecified atom stereocenters. The van der Waals surface area contributed by atoms with Crippen molar-refractivity contribution in [2.75, 3.05) is 12.4 Å². The van der Waals surface area contributed by atoms with Crippen LogP contribution in [0.3, 0.4) is 0 Å². The third-order valence-corrected chi connectivity index (χ3v) is 6.76. The SMILES string of the molecule is C[C@@H](NS(=O)(=O)C/C=C/CCC1CCC(=O)NC1=O)c1cccc(OCC2CC2)c1. The van der Waals surface area contributed by atoms with Crippen molar-refractivity contribution in [1.82, 2.24) is 10.0 Å². The number of hydrogen-bond acceptors (Lipinski definition) is 5. The van der Waals surface area contributed by atoms with Crippen LogP contribution in [0.15, 0.2) is 36.4 Å². The quantitative estimate of drug-likeness (QED) is 0.412. The topological polar surface area (TPSA) is 102 Å². The van der Waals surface area contributed by atoms with E-state index in [0.29, 0.717) is 38.2 Å². The molecule has 1 aromatic carbocycles. The number of sulfonamides is 1. The number of hydrogen-bond donors (Lipinski definition) is 2. The van der Waals surface area contributed by atoms with Gasteiger partial charge in [-0.1, -0.05) is 24.3 Å². The van der Waals surface area contributed by atoms with Crippen LogP contribution in [0.4, 0.5) is 0 Å². The minimum absolute atomic E-state index is 0.120. The Balaban J connectivity index is 1.42. The number of imide groups is 1. The molecule has 0 bridgehead atoms. The Bertz CT molecular complexity index is 893. The van der Waals surface area contributed by atoms with E-state index in [0.717, 1.165) is 11.3 Å².